The van der Waals surface area contributed by atoms with E-state index >= 15 is 0 Å². The summed E-state index contributed by atoms with van der Waals surface area (Å²) in [6.45, 7) is 2.60. The minimum absolute atomic E-state index is 0.0121. The lowest BCUT2D eigenvalue weighted by Crippen LogP contribution is -2.41. The first-order valence-electron chi connectivity index (χ1n) is 5.77. The Hall–Kier alpha value is -0.570. The summed E-state index contributed by atoms with van der Waals surface area (Å²) in [7, 11) is 0. The maximum absolute atomic E-state index is 11.4. The van der Waals surface area contributed by atoms with Gasteiger partial charge in [-0.2, -0.15) is 0 Å². The van der Waals surface area contributed by atoms with E-state index < -0.39 is 0 Å². The molecule has 82 valence electrons. The lowest BCUT2D eigenvalue weighted by atomic mass is 9.85. The van der Waals surface area contributed by atoms with Crippen molar-refractivity contribution < 1.29 is 4.79 Å². The van der Waals surface area contributed by atoms with Crippen LogP contribution >= 0.6 is 0 Å². The first kappa shape index (κ1) is 11.5. The van der Waals surface area contributed by atoms with Gasteiger partial charge in [0.2, 0.25) is 5.91 Å². The maximum atomic E-state index is 11.4. The van der Waals surface area contributed by atoms with Gasteiger partial charge in [-0.1, -0.05) is 32.1 Å². The molecule has 1 fully saturated rings. The molecule has 0 unspecified atom stereocenters. The highest BCUT2D eigenvalue weighted by Gasteiger charge is 2.20. The Bertz CT molecular complexity index is 176. The van der Waals surface area contributed by atoms with Gasteiger partial charge >= 0.3 is 0 Å². The van der Waals surface area contributed by atoms with Gasteiger partial charge in [-0.05, 0) is 19.3 Å². The topological polar surface area (TPSA) is 55.1 Å². The van der Waals surface area contributed by atoms with E-state index in [1.807, 2.05) is 6.92 Å². The lowest BCUT2D eigenvalue weighted by molar-refractivity contribution is -0.122. The van der Waals surface area contributed by atoms with Crippen LogP contribution in [0.25, 0.3) is 0 Å². The molecule has 1 atom stereocenters. The van der Waals surface area contributed by atoms with Crippen molar-refractivity contribution in [2.45, 2.75) is 51.5 Å². The first-order chi connectivity index (χ1) is 6.74. The summed E-state index contributed by atoms with van der Waals surface area (Å²) in [5.74, 6) is 0.694. The van der Waals surface area contributed by atoms with Crippen LogP contribution in [0.1, 0.15) is 45.4 Å². The van der Waals surface area contributed by atoms with Crippen LogP contribution in [0.15, 0.2) is 0 Å². The molecule has 0 spiro atoms. The zero-order valence-corrected chi connectivity index (χ0v) is 9.09. The predicted octanol–water partition coefficient (Wildman–Crippen LogP) is 1.42. The average molecular weight is 198 g/mol. The smallest absolute Gasteiger partial charge is 0.236 e. The van der Waals surface area contributed by atoms with Crippen molar-refractivity contribution in [1.82, 2.24) is 5.32 Å². The van der Waals surface area contributed by atoms with Crippen LogP contribution in [0.4, 0.5) is 0 Å². The van der Waals surface area contributed by atoms with Crippen LogP contribution < -0.4 is 11.1 Å². The second-order valence-electron chi connectivity index (χ2n) is 4.24. The highest BCUT2D eigenvalue weighted by molar-refractivity contribution is 5.81. The second-order valence-corrected chi connectivity index (χ2v) is 4.24. The summed E-state index contributed by atoms with van der Waals surface area (Å²) in [4.78, 5) is 11.4. The summed E-state index contributed by atoms with van der Waals surface area (Å²) < 4.78 is 0. The van der Waals surface area contributed by atoms with Gasteiger partial charge in [-0.25, -0.2) is 0 Å². The fourth-order valence-electron chi connectivity index (χ4n) is 2.19. The van der Waals surface area contributed by atoms with Crippen LogP contribution in [0, 0.1) is 5.92 Å². The van der Waals surface area contributed by atoms with Gasteiger partial charge in [-0.3, -0.25) is 4.79 Å². The second kappa shape index (κ2) is 6.02. The average Bonchev–Trinajstić information content (AvgIpc) is 2.19. The molecular formula is C11H22N2O. The van der Waals surface area contributed by atoms with Crippen molar-refractivity contribution in [2.24, 2.45) is 11.7 Å². The Kier molecular flexibility index (Phi) is 4.94. The number of hydrogen-bond donors (Lipinski definition) is 2. The molecule has 0 saturated heterocycles. The minimum Gasteiger partial charge on any atom is -0.355 e. The molecule has 3 nitrogen and oxygen atoms in total. The quantitative estimate of drug-likeness (QED) is 0.718. The molecule has 0 aromatic carbocycles. The monoisotopic (exact) mass is 198 g/mol. The summed E-state index contributed by atoms with van der Waals surface area (Å²) in [5.41, 5.74) is 5.82. The van der Waals surface area contributed by atoms with E-state index in [1.165, 1.54) is 32.1 Å². The van der Waals surface area contributed by atoms with E-state index in [1.54, 1.807) is 0 Å². The van der Waals surface area contributed by atoms with E-state index in [0.717, 1.165) is 6.42 Å². The Labute approximate surface area is 86.4 Å². The molecule has 0 aromatic heterocycles. The van der Waals surface area contributed by atoms with Crippen molar-refractivity contribution in [3.8, 4) is 0 Å². The van der Waals surface area contributed by atoms with Crippen LogP contribution in [-0.4, -0.2) is 18.5 Å². The Morgan fingerprint density at radius 1 is 1.43 bits per heavy atom. The van der Waals surface area contributed by atoms with Gasteiger partial charge in [0.1, 0.15) is 0 Å². The highest BCUT2D eigenvalue weighted by atomic mass is 16.2. The summed E-state index contributed by atoms with van der Waals surface area (Å²) in [5, 5.41) is 2.77. The Balaban J connectivity index is 2.24. The molecular weight excluding hydrogens is 176 g/mol. The van der Waals surface area contributed by atoms with Gasteiger partial charge in [-0.15, -0.1) is 0 Å². The van der Waals surface area contributed by atoms with Crippen molar-refractivity contribution in [3.05, 3.63) is 0 Å². The van der Waals surface area contributed by atoms with Crippen molar-refractivity contribution in [2.75, 3.05) is 6.54 Å². The maximum Gasteiger partial charge on any atom is 0.236 e. The Morgan fingerprint density at radius 2 is 2.07 bits per heavy atom. The lowest BCUT2D eigenvalue weighted by Gasteiger charge is -2.23. The molecule has 0 aliphatic heterocycles. The van der Waals surface area contributed by atoms with E-state index in [9.17, 15) is 4.79 Å². The van der Waals surface area contributed by atoms with Gasteiger partial charge < -0.3 is 11.1 Å². The van der Waals surface area contributed by atoms with Crippen LogP contribution in [0.2, 0.25) is 0 Å². The van der Waals surface area contributed by atoms with E-state index in [0.29, 0.717) is 12.5 Å². The normalized spacial score (nSPS) is 20.4. The molecule has 1 saturated carbocycles. The molecule has 0 heterocycles. The summed E-state index contributed by atoms with van der Waals surface area (Å²) in [6.07, 6.45) is 7.36. The number of carbonyl (C=O) groups is 1. The van der Waals surface area contributed by atoms with Crippen molar-refractivity contribution in [3.63, 3.8) is 0 Å². The first-order valence-corrected chi connectivity index (χ1v) is 5.77. The van der Waals surface area contributed by atoms with Crippen molar-refractivity contribution in [1.29, 1.82) is 0 Å². The molecule has 1 aliphatic carbocycles. The van der Waals surface area contributed by atoms with Gasteiger partial charge in [0, 0.05) is 6.54 Å². The fourth-order valence-corrected chi connectivity index (χ4v) is 2.19. The number of rotatable bonds is 4. The SMILES string of the molecule is CCNC(=O)[C@@H](N)CC1CCCCC1. The summed E-state index contributed by atoms with van der Waals surface area (Å²) >= 11 is 0. The predicted molar refractivity (Wildman–Crippen MR) is 57.9 cm³/mol. The van der Waals surface area contributed by atoms with Crippen LogP contribution in [0.3, 0.4) is 0 Å². The summed E-state index contributed by atoms with van der Waals surface area (Å²) in [6, 6.07) is -0.293. The zero-order valence-electron chi connectivity index (χ0n) is 9.09. The minimum atomic E-state index is -0.293. The molecule has 14 heavy (non-hydrogen) atoms. The van der Waals surface area contributed by atoms with E-state index in [-0.39, 0.29) is 11.9 Å². The van der Waals surface area contributed by atoms with Gasteiger partial charge in [0.15, 0.2) is 0 Å². The number of nitrogens with two attached hydrogens (primary N) is 1. The highest BCUT2D eigenvalue weighted by Crippen LogP contribution is 2.26. The molecule has 0 aromatic rings. The number of likely N-dealkylation sites (N-methyl/N-ethyl adjacent to an activating group) is 1. The molecule has 3 N–H and O–H groups in total. The number of hydrogen-bond acceptors (Lipinski definition) is 2. The van der Waals surface area contributed by atoms with Crippen LogP contribution in [0.5, 0.6) is 0 Å². The third kappa shape index (κ3) is 3.66. The van der Waals surface area contributed by atoms with Crippen LogP contribution in [-0.2, 0) is 4.79 Å². The zero-order chi connectivity index (χ0) is 10.4. The number of nitrogens with one attached hydrogen (secondary N) is 1. The van der Waals surface area contributed by atoms with E-state index in [2.05, 4.69) is 5.32 Å². The molecule has 1 rings (SSSR count). The fraction of sp³-hybridized carbons (Fsp3) is 0.909. The molecule has 1 aliphatic rings. The third-order valence-corrected chi connectivity index (χ3v) is 3.00. The third-order valence-electron chi connectivity index (χ3n) is 3.00. The number of amides is 1. The Morgan fingerprint density at radius 3 is 2.64 bits per heavy atom. The van der Waals surface area contributed by atoms with Gasteiger partial charge in [0.25, 0.3) is 0 Å². The molecule has 0 radical (unpaired) electrons. The van der Waals surface area contributed by atoms with Gasteiger partial charge in [0.05, 0.1) is 6.04 Å². The van der Waals surface area contributed by atoms with E-state index in [4.69, 9.17) is 5.73 Å². The molecule has 1 amide bonds. The standard InChI is InChI=1S/C11H22N2O/c1-2-13-11(14)10(12)8-9-6-4-3-5-7-9/h9-10H,2-8,12H2,1H3,(H,13,14)/t10-/m0/s1. The van der Waals surface area contributed by atoms with Crippen molar-refractivity contribution >= 4 is 5.91 Å². The molecule has 3 heteroatoms. The largest absolute Gasteiger partial charge is 0.355 e. The molecule has 0 bridgehead atoms. The number of carbonyl (C=O) groups excluding carboxylic acids is 1.